The van der Waals surface area contributed by atoms with Gasteiger partial charge in [0, 0.05) is 31.6 Å². The van der Waals surface area contributed by atoms with Crippen molar-refractivity contribution in [3.8, 4) is 0 Å². The van der Waals surface area contributed by atoms with Gasteiger partial charge in [0.1, 0.15) is 5.15 Å². The highest BCUT2D eigenvalue weighted by atomic mass is 35.5. The number of rotatable bonds is 6. The summed E-state index contributed by atoms with van der Waals surface area (Å²) in [5.41, 5.74) is 1.32. The summed E-state index contributed by atoms with van der Waals surface area (Å²) in [5.74, 6) is 0. The number of nitrogens with zero attached hydrogens (tertiary/aromatic N) is 3. The Balaban J connectivity index is 1.67. The number of hydrogen-bond donors (Lipinski definition) is 1. The van der Waals surface area contributed by atoms with Crippen molar-refractivity contribution >= 4 is 28.1 Å². The summed E-state index contributed by atoms with van der Waals surface area (Å²) in [6, 6.07) is 0. The van der Waals surface area contributed by atoms with E-state index >= 15 is 0 Å². The van der Waals surface area contributed by atoms with Crippen molar-refractivity contribution in [2.45, 2.75) is 52.5 Å². The first kappa shape index (κ1) is 19.2. The summed E-state index contributed by atoms with van der Waals surface area (Å²) in [7, 11) is 0. The van der Waals surface area contributed by atoms with Gasteiger partial charge in [-0.05, 0) is 52.5 Å². The maximum atomic E-state index is 10.0. The molecule has 0 bridgehead atoms. The lowest BCUT2D eigenvalue weighted by atomic mass is 9.77. The van der Waals surface area contributed by atoms with Crippen LogP contribution in [0, 0.1) is 5.41 Å². The molecule has 25 heavy (non-hydrogen) atoms. The summed E-state index contributed by atoms with van der Waals surface area (Å²) in [5, 5.41) is 11.8. The predicted octanol–water partition coefficient (Wildman–Crippen LogP) is 4.33. The van der Waals surface area contributed by atoms with Gasteiger partial charge in [0.2, 0.25) is 0 Å². The molecule has 3 rings (SSSR count). The topological polar surface area (TPSA) is 39.6 Å². The molecule has 1 aromatic rings. The monoisotopic (exact) mass is 383 g/mol. The number of allylic oxidation sites excluding steroid dienone is 2. The fourth-order valence-corrected chi connectivity index (χ4v) is 5.24. The van der Waals surface area contributed by atoms with Gasteiger partial charge in [-0.1, -0.05) is 34.6 Å². The average Bonchev–Trinajstić information content (AvgIpc) is 3.24. The number of piperidine rings is 1. The second-order valence-electron chi connectivity index (χ2n) is 7.86. The van der Waals surface area contributed by atoms with E-state index < -0.39 is 0 Å². The normalized spacial score (nSPS) is 24.7. The highest BCUT2D eigenvalue weighted by Crippen LogP contribution is 2.37. The third kappa shape index (κ3) is 4.76. The third-order valence-electron chi connectivity index (χ3n) is 5.40. The maximum absolute atomic E-state index is 10.0. The molecule has 0 amide bonds. The molecule has 4 nitrogen and oxygen atoms in total. The zero-order chi connectivity index (χ0) is 17.9. The van der Waals surface area contributed by atoms with Gasteiger partial charge in [-0.2, -0.15) is 0 Å². The molecule has 0 unspecified atom stereocenters. The molecule has 1 atom stereocenters. The summed E-state index contributed by atoms with van der Waals surface area (Å²) >= 11 is 8.18. The minimum absolute atomic E-state index is 0.00946. The van der Waals surface area contributed by atoms with Gasteiger partial charge in [-0.25, -0.2) is 4.98 Å². The Morgan fingerprint density at radius 3 is 2.72 bits per heavy atom. The van der Waals surface area contributed by atoms with E-state index in [1.54, 1.807) is 11.3 Å². The molecule has 0 radical (unpaired) electrons. The first-order chi connectivity index (χ1) is 12.0. The fraction of sp³-hybridized carbons (Fsp3) is 0.737. The largest absolute Gasteiger partial charge is 0.396 e. The van der Waals surface area contributed by atoms with Crippen molar-refractivity contribution in [2.24, 2.45) is 5.41 Å². The quantitative estimate of drug-likeness (QED) is 0.742. The van der Waals surface area contributed by atoms with Crippen LogP contribution in [0.3, 0.4) is 0 Å². The number of aromatic nitrogens is 1. The number of hydrogen-bond acceptors (Lipinski definition) is 5. The van der Waals surface area contributed by atoms with E-state index in [-0.39, 0.29) is 12.0 Å². The molecule has 1 N–H and O–H groups in total. The van der Waals surface area contributed by atoms with Crippen LogP contribution in [0.1, 0.15) is 50.8 Å². The minimum Gasteiger partial charge on any atom is -0.396 e. The standard InChI is InChI=1S/C19H30ClN3OS/c1-15(2)6-8-19(14-24)7-5-9-22(13-19)12-16-17(20)21-18(25-16)23-10-3-4-11-23/h6,24H,3-5,7-14H2,1-2H3/t19-/m0/s1. The van der Waals surface area contributed by atoms with Crippen LogP contribution in [-0.2, 0) is 6.54 Å². The molecule has 3 heterocycles. The van der Waals surface area contributed by atoms with Crippen LogP contribution in [0.25, 0.3) is 0 Å². The van der Waals surface area contributed by atoms with Crippen LogP contribution in [0.4, 0.5) is 5.13 Å². The lowest BCUT2D eigenvalue weighted by Gasteiger charge is -2.41. The van der Waals surface area contributed by atoms with Crippen molar-refractivity contribution < 1.29 is 5.11 Å². The zero-order valence-corrected chi connectivity index (χ0v) is 17.0. The molecular weight excluding hydrogens is 354 g/mol. The number of aliphatic hydroxyl groups is 1. The molecule has 0 aliphatic carbocycles. The lowest BCUT2D eigenvalue weighted by molar-refractivity contribution is 0.0311. The van der Waals surface area contributed by atoms with Gasteiger partial charge in [-0.3, -0.25) is 4.90 Å². The summed E-state index contributed by atoms with van der Waals surface area (Å²) in [4.78, 5) is 10.6. The van der Waals surface area contributed by atoms with Gasteiger partial charge in [0.25, 0.3) is 0 Å². The molecule has 0 aromatic carbocycles. The van der Waals surface area contributed by atoms with Gasteiger partial charge < -0.3 is 10.0 Å². The number of halogens is 1. The number of anilines is 1. The second-order valence-corrected chi connectivity index (χ2v) is 9.28. The molecular formula is C19H30ClN3OS. The van der Waals surface area contributed by atoms with Crippen molar-refractivity contribution in [2.75, 3.05) is 37.7 Å². The second kappa shape index (κ2) is 8.38. The Morgan fingerprint density at radius 1 is 1.28 bits per heavy atom. The van der Waals surface area contributed by atoms with E-state index in [9.17, 15) is 5.11 Å². The molecule has 0 saturated carbocycles. The molecule has 2 aliphatic rings. The summed E-state index contributed by atoms with van der Waals surface area (Å²) < 4.78 is 0. The number of aliphatic hydroxyl groups excluding tert-OH is 1. The van der Waals surface area contributed by atoms with E-state index in [1.165, 1.54) is 23.3 Å². The van der Waals surface area contributed by atoms with Crippen LogP contribution < -0.4 is 4.90 Å². The first-order valence-electron chi connectivity index (χ1n) is 9.38. The smallest absolute Gasteiger partial charge is 0.187 e. The fourth-order valence-electron chi connectivity index (χ4n) is 3.89. The van der Waals surface area contributed by atoms with E-state index in [4.69, 9.17) is 11.6 Å². The zero-order valence-electron chi connectivity index (χ0n) is 15.4. The Labute approximate surface area is 160 Å². The van der Waals surface area contributed by atoms with Crippen molar-refractivity contribution in [1.82, 2.24) is 9.88 Å². The van der Waals surface area contributed by atoms with Gasteiger partial charge in [-0.15, -0.1) is 0 Å². The van der Waals surface area contributed by atoms with Gasteiger partial charge in [0.15, 0.2) is 5.13 Å². The van der Waals surface area contributed by atoms with E-state index in [0.29, 0.717) is 5.15 Å². The first-order valence-corrected chi connectivity index (χ1v) is 10.6. The van der Waals surface area contributed by atoms with E-state index in [1.807, 2.05) is 0 Å². The van der Waals surface area contributed by atoms with Crippen LogP contribution in [0.2, 0.25) is 5.15 Å². The van der Waals surface area contributed by atoms with Gasteiger partial charge >= 0.3 is 0 Å². The summed E-state index contributed by atoms with van der Waals surface area (Å²) in [6.45, 7) is 9.56. The van der Waals surface area contributed by atoms with Crippen molar-refractivity contribution in [3.63, 3.8) is 0 Å². The number of likely N-dealkylation sites (tertiary alicyclic amines) is 1. The van der Waals surface area contributed by atoms with Crippen molar-refractivity contribution in [1.29, 1.82) is 0 Å². The van der Waals surface area contributed by atoms with Crippen LogP contribution in [0.15, 0.2) is 11.6 Å². The van der Waals surface area contributed by atoms with Gasteiger partial charge in [0.05, 0.1) is 11.5 Å². The molecule has 2 saturated heterocycles. The number of thiazole rings is 1. The Kier molecular flexibility index (Phi) is 6.42. The lowest BCUT2D eigenvalue weighted by Crippen LogP contribution is -2.44. The van der Waals surface area contributed by atoms with E-state index in [0.717, 1.165) is 57.1 Å². The predicted molar refractivity (Wildman–Crippen MR) is 107 cm³/mol. The average molecular weight is 384 g/mol. The highest BCUT2D eigenvalue weighted by Gasteiger charge is 2.34. The molecule has 6 heteroatoms. The molecule has 2 aliphatic heterocycles. The van der Waals surface area contributed by atoms with Crippen molar-refractivity contribution in [3.05, 3.63) is 21.7 Å². The van der Waals surface area contributed by atoms with Crippen LogP contribution >= 0.6 is 22.9 Å². The summed E-state index contributed by atoms with van der Waals surface area (Å²) in [6.07, 6.45) is 7.96. The molecule has 140 valence electrons. The Hall–Kier alpha value is -0.620. The molecule has 1 aromatic heterocycles. The minimum atomic E-state index is -0.00946. The third-order valence-corrected chi connectivity index (χ3v) is 6.93. The SMILES string of the molecule is CC(C)=CC[C@@]1(CO)CCCN(Cc2sc(N3CCCC3)nc2Cl)C1. The Bertz CT molecular complexity index is 608. The molecule has 2 fully saturated rings. The van der Waals surface area contributed by atoms with E-state index in [2.05, 4.69) is 34.7 Å². The highest BCUT2D eigenvalue weighted by molar-refractivity contribution is 7.16. The maximum Gasteiger partial charge on any atom is 0.187 e. The van der Waals surface area contributed by atoms with Crippen LogP contribution in [-0.4, -0.2) is 47.8 Å². The van der Waals surface area contributed by atoms with Crippen LogP contribution in [0.5, 0.6) is 0 Å². The molecule has 0 spiro atoms. The Morgan fingerprint density at radius 2 is 2.04 bits per heavy atom.